The number of hydrogen-bond donors (Lipinski definition) is 0. The van der Waals surface area contributed by atoms with E-state index in [4.69, 9.17) is 9.47 Å². The molecule has 31 heavy (non-hydrogen) atoms. The van der Waals surface area contributed by atoms with E-state index in [0.29, 0.717) is 6.42 Å². The fourth-order valence-electron chi connectivity index (χ4n) is 4.54. The molecule has 4 heteroatoms. The van der Waals surface area contributed by atoms with Gasteiger partial charge in [-0.25, -0.2) is 0 Å². The van der Waals surface area contributed by atoms with Gasteiger partial charge < -0.3 is 14.4 Å². The van der Waals surface area contributed by atoms with Crippen molar-refractivity contribution in [3.05, 3.63) is 90.0 Å². The number of nitrogens with zero attached hydrogens (tertiary/aromatic N) is 1. The number of benzene rings is 3. The zero-order chi connectivity index (χ0) is 21.6. The Kier molecular flexibility index (Phi) is 6.56. The van der Waals surface area contributed by atoms with Crippen LogP contribution in [0.1, 0.15) is 36.4 Å². The molecule has 1 aliphatic heterocycles. The second kappa shape index (κ2) is 9.69. The van der Waals surface area contributed by atoms with Crippen molar-refractivity contribution in [2.75, 3.05) is 19.1 Å². The van der Waals surface area contributed by atoms with Crippen LogP contribution in [0.15, 0.2) is 78.9 Å². The second-order valence-electron chi connectivity index (χ2n) is 8.02. The molecule has 1 heterocycles. The monoisotopic (exact) mass is 415 g/mol. The fourth-order valence-corrected chi connectivity index (χ4v) is 4.54. The summed E-state index contributed by atoms with van der Waals surface area (Å²) in [6.07, 6.45) is 3.66. The summed E-state index contributed by atoms with van der Waals surface area (Å²) < 4.78 is 10.6. The van der Waals surface area contributed by atoms with Crippen LogP contribution in [0, 0.1) is 5.92 Å². The summed E-state index contributed by atoms with van der Waals surface area (Å²) in [6.45, 7) is 0. The minimum absolute atomic E-state index is 0.0163. The highest BCUT2D eigenvalue weighted by atomic mass is 16.5. The van der Waals surface area contributed by atoms with Crippen LogP contribution in [-0.4, -0.2) is 20.1 Å². The SMILES string of the molecule is COc1ccc([C@@H]2[C@@H](CCCc3ccccc3)CC(=O)N2c2ccc(OC)cc2)cc1. The number of amides is 1. The lowest BCUT2D eigenvalue weighted by Gasteiger charge is -2.29. The van der Waals surface area contributed by atoms with Crippen LogP contribution >= 0.6 is 0 Å². The maximum atomic E-state index is 13.1. The van der Waals surface area contributed by atoms with Crippen molar-refractivity contribution in [2.45, 2.75) is 31.7 Å². The summed E-state index contributed by atoms with van der Waals surface area (Å²) in [5, 5.41) is 0. The van der Waals surface area contributed by atoms with Crippen molar-refractivity contribution in [3.63, 3.8) is 0 Å². The summed E-state index contributed by atoms with van der Waals surface area (Å²) in [5.41, 5.74) is 3.41. The van der Waals surface area contributed by atoms with Crippen LogP contribution < -0.4 is 14.4 Å². The summed E-state index contributed by atoms with van der Waals surface area (Å²) in [5.74, 6) is 2.06. The molecule has 1 aliphatic rings. The van der Waals surface area contributed by atoms with Crippen LogP contribution in [0.3, 0.4) is 0 Å². The Morgan fingerprint density at radius 2 is 1.45 bits per heavy atom. The minimum atomic E-state index is 0.0163. The van der Waals surface area contributed by atoms with E-state index in [-0.39, 0.29) is 17.9 Å². The molecule has 0 N–H and O–H groups in total. The Morgan fingerprint density at radius 3 is 2.06 bits per heavy atom. The number of methoxy groups -OCH3 is 2. The first-order valence-electron chi connectivity index (χ1n) is 10.8. The summed E-state index contributed by atoms with van der Waals surface area (Å²) in [6, 6.07) is 26.5. The lowest BCUT2D eigenvalue weighted by atomic mass is 9.88. The van der Waals surface area contributed by atoms with Crippen LogP contribution in [-0.2, 0) is 11.2 Å². The summed E-state index contributed by atoms with van der Waals surface area (Å²) in [7, 11) is 3.32. The third-order valence-corrected chi connectivity index (χ3v) is 6.12. The number of anilines is 1. The van der Waals surface area contributed by atoms with Gasteiger partial charge in [0.1, 0.15) is 11.5 Å². The maximum absolute atomic E-state index is 13.1. The average Bonchev–Trinajstić information content (AvgIpc) is 3.15. The summed E-state index contributed by atoms with van der Waals surface area (Å²) in [4.78, 5) is 15.1. The van der Waals surface area contributed by atoms with Crippen molar-refractivity contribution < 1.29 is 14.3 Å². The normalized spacial score (nSPS) is 18.3. The zero-order valence-electron chi connectivity index (χ0n) is 18.2. The first-order valence-corrected chi connectivity index (χ1v) is 10.8. The molecule has 1 amide bonds. The van der Waals surface area contributed by atoms with Gasteiger partial charge in [0.05, 0.1) is 20.3 Å². The maximum Gasteiger partial charge on any atom is 0.227 e. The molecule has 2 atom stereocenters. The molecule has 0 saturated carbocycles. The van der Waals surface area contributed by atoms with Crippen LogP contribution in [0.5, 0.6) is 11.5 Å². The standard InChI is InChI=1S/C27H29NO3/c1-30-24-15-11-21(12-16-24)27-22(10-6-9-20-7-4-3-5-8-20)19-26(29)28(27)23-13-17-25(31-2)18-14-23/h3-5,7-8,11-18,22,27H,6,9-10,19H2,1-2H3/t22-,27+/m0/s1. The van der Waals surface area contributed by atoms with E-state index >= 15 is 0 Å². The van der Waals surface area contributed by atoms with Gasteiger partial charge in [-0.1, -0.05) is 42.5 Å². The van der Waals surface area contributed by atoms with E-state index in [2.05, 4.69) is 36.4 Å². The first kappa shape index (κ1) is 21.0. The highest BCUT2D eigenvalue weighted by Crippen LogP contribution is 2.44. The Labute approximate surface area is 184 Å². The molecule has 4 rings (SSSR count). The Morgan fingerprint density at radius 1 is 0.839 bits per heavy atom. The average molecular weight is 416 g/mol. The molecule has 0 aliphatic carbocycles. The van der Waals surface area contributed by atoms with Gasteiger partial charge in [0.15, 0.2) is 0 Å². The Hall–Kier alpha value is -3.27. The van der Waals surface area contributed by atoms with Gasteiger partial charge in [-0.15, -0.1) is 0 Å². The second-order valence-corrected chi connectivity index (χ2v) is 8.02. The van der Waals surface area contributed by atoms with E-state index in [1.165, 1.54) is 5.56 Å². The van der Waals surface area contributed by atoms with Gasteiger partial charge in [-0.3, -0.25) is 4.79 Å². The highest BCUT2D eigenvalue weighted by Gasteiger charge is 2.41. The molecule has 1 saturated heterocycles. The van der Waals surface area contributed by atoms with Gasteiger partial charge >= 0.3 is 0 Å². The highest BCUT2D eigenvalue weighted by molar-refractivity contribution is 5.97. The number of ether oxygens (including phenoxy) is 2. The Bertz CT molecular complexity index is 983. The van der Waals surface area contributed by atoms with Crippen molar-refractivity contribution in [1.29, 1.82) is 0 Å². The minimum Gasteiger partial charge on any atom is -0.497 e. The predicted molar refractivity (Wildman–Crippen MR) is 124 cm³/mol. The van der Waals surface area contributed by atoms with Gasteiger partial charge in [0.2, 0.25) is 5.91 Å². The number of carbonyl (C=O) groups excluding carboxylic acids is 1. The molecule has 3 aromatic carbocycles. The van der Waals surface area contributed by atoms with Crippen LogP contribution in [0.4, 0.5) is 5.69 Å². The molecule has 3 aromatic rings. The van der Waals surface area contributed by atoms with Crippen molar-refractivity contribution in [2.24, 2.45) is 5.92 Å². The summed E-state index contributed by atoms with van der Waals surface area (Å²) >= 11 is 0. The van der Waals surface area contributed by atoms with Crippen molar-refractivity contribution >= 4 is 11.6 Å². The number of hydrogen-bond acceptors (Lipinski definition) is 3. The largest absolute Gasteiger partial charge is 0.497 e. The molecule has 4 nitrogen and oxygen atoms in total. The van der Waals surface area contributed by atoms with Crippen molar-refractivity contribution in [1.82, 2.24) is 0 Å². The molecular weight excluding hydrogens is 386 g/mol. The molecular formula is C27H29NO3. The smallest absolute Gasteiger partial charge is 0.227 e. The molecule has 0 aromatic heterocycles. The number of aryl methyl sites for hydroxylation is 1. The van der Waals surface area contributed by atoms with E-state index < -0.39 is 0 Å². The van der Waals surface area contributed by atoms with Crippen LogP contribution in [0.25, 0.3) is 0 Å². The first-order chi connectivity index (χ1) is 15.2. The number of rotatable bonds is 8. The van der Waals surface area contributed by atoms with E-state index in [1.54, 1.807) is 14.2 Å². The van der Waals surface area contributed by atoms with Gasteiger partial charge in [-0.05, 0) is 72.7 Å². The predicted octanol–water partition coefficient (Wildman–Crippen LogP) is 5.82. The van der Waals surface area contributed by atoms with E-state index in [1.807, 2.05) is 47.4 Å². The Balaban J connectivity index is 1.58. The lowest BCUT2D eigenvalue weighted by molar-refractivity contribution is -0.117. The molecule has 0 bridgehead atoms. The van der Waals surface area contributed by atoms with E-state index in [9.17, 15) is 4.79 Å². The number of carbonyl (C=O) groups is 1. The fraction of sp³-hybridized carbons (Fsp3) is 0.296. The van der Waals surface area contributed by atoms with E-state index in [0.717, 1.165) is 42.0 Å². The third-order valence-electron chi connectivity index (χ3n) is 6.12. The third kappa shape index (κ3) is 4.74. The van der Waals surface area contributed by atoms with Gasteiger partial charge in [0, 0.05) is 12.1 Å². The molecule has 160 valence electrons. The molecule has 0 unspecified atom stereocenters. The topological polar surface area (TPSA) is 38.8 Å². The van der Waals surface area contributed by atoms with Gasteiger partial charge in [-0.2, -0.15) is 0 Å². The quantitative estimate of drug-likeness (QED) is 0.465. The van der Waals surface area contributed by atoms with Crippen molar-refractivity contribution in [3.8, 4) is 11.5 Å². The molecule has 0 radical (unpaired) electrons. The molecule has 1 fully saturated rings. The zero-order valence-corrected chi connectivity index (χ0v) is 18.2. The van der Waals surface area contributed by atoms with Gasteiger partial charge in [0.25, 0.3) is 0 Å². The lowest BCUT2D eigenvalue weighted by Crippen LogP contribution is -2.28. The van der Waals surface area contributed by atoms with Crippen LogP contribution in [0.2, 0.25) is 0 Å². The molecule has 0 spiro atoms.